The number of aliphatic imine (C=N–C) groups is 1. The van der Waals surface area contributed by atoms with Gasteiger partial charge in [-0.2, -0.15) is 13.9 Å². The third kappa shape index (κ3) is 5.93. The molecule has 0 saturated carbocycles. The van der Waals surface area contributed by atoms with Crippen molar-refractivity contribution in [1.29, 1.82) is 0 Å². The lowest BCUT2D eigenvalue weighted by Crippen LogP contribution is -2.49. The Bertz CT molecular complexity index is 1220. The van der Waals surface area contributed by atoms with Crippen molar-refractivity contribution in [3.63, 3.8) is 0 Å². The Morgan fingerprint density at radius 1 is 1.19 bits per heavy atom. The average molecular weight is 512 g/mol. The molecule has 37 heavy (non-hydrogen) atoms. The lowest BCUT2D eigenvalue weighted by atomic mass is 9.89. The molecule has 9 nitrogen and oxygen atoms in total. The monoisotopic (exact) mass is 511 g/mol. The molecule has 0 radical (unpaired) electrons. The number of hydrogen-bond donors (Lipinski definition) is 1. The molecule has 4 rings (SSSR count). The minimum absolute atomic E-state index is 0.105. The fourth-order valence-electron chi connectivity index (χ4n) is 4.15. The first-order valence-electron chi connectivity index (χ1n) is 11.8. The molecule has 0 aliphatic carbocycles. The van der Waals surface area contributed by atoms with E-state index < -0.39 is 18.8 Å². The highest BCUT2D eigenvalue weighted by atomic mass is 19.3. The number of carbonyl (C=O) groups excluding carboxylic acids is 2. The first-order valence-corrected chi connectivity index (χ1v) is 11.8. The van der Waals surface area contributed by atoms with Gasteiger partial charge >= 0.3 is 12.6 Å². The summed E-state index contributed by atoms with van der Waals surface area (Å²) in [5, 5.41) is 8.88. The van der Waals surface area contributed by atoms with Crippen molar-refractivity contribution >= 4 is 23.9 Å². The van der Waals surface area contributed by atoms with Crippen LogP contribution in [0.15, 0.2) is 71.0 Å². The molecule has 1 N–H and O–H groups in total. The summed E-state index contributed by atoms with van der Waals surface area (Å²) >= 11 is 0. The number of nitrogens with one attached hydrogen (secondary N) is 1. The van der Waals surface area contributed by atoms with Crippen LogP contribution >= 0.6 is 0 Å². The van der Waals surface area contributed by atoms with E-state index in [1.807, 2.05) is 25.1 Å². The number of methoxy groups -OCH3 is 1. The smallest absolute Gasteiger partial charge is 0.387 e. The number of rotatable bonds is 8. The van der Waals surface area contributed by atoms with Gasteiger partial charge in [0.15, 0.2) is 17.7 Å². The molecule has 0 spiro atoms. The number of hydrazone groups is 1. The Morgan fingerprint density at radius 3 is 2.62 bits per heavy atom. The average Bonchev–Trinajstić information content (AvgIpc) is 2.92. The summed E-state index contributed by atoms with van der Waals surface area (Å²) < 4.78 is 35.4. The molecule has 0 saturated heterocycles. The van der Waals surface area contributed by atoms with Crippen LogP contribution in [0.3, 0.4) is 0 Å². The molecule has 2 aromatic rings. The van der Waals surface area contributed by atoms with Crippen molar-refractivity contribution < 1.29 is 27.8 Å². The Morgan fingerprint density at radius 2 is 1.97 bits per heavy atom. The van der Waals surface area contributed by atoms with Crippen molar-refractivity contribution in [3.05, 3.63) is 72.1 Å². The quantitative estimate of drug-likeness (QED) is 0.564. The van der Waals surface area contributed by atoms with Crippen LogP contribution in [0.25, 0.3) is 0 Å². The van der Waals surface area contributed by atoms with E-state index in [9.17, 15) is 18.4 Å². The Hall–Kier alpha value is -4.28. The van der Waals surface area contributed by atoms with E-state index in [2.05, 4.69) is 15.0 Å². The van der Waals surface area contributed by atoms with E-state index in [0.29, 0.717) is 23.3 Å². The predicted molar refractivity (Wildman–Crippen MR) is 133 cm³/mol. The predicted octanol–water partition coefficient (Wildman–Crippen LogP) is 4.53. The lowest BCUT2D eigenvalue weighted by Gasteiger charge is -2.35. The van der Waals surface area contributed by atoms with Crippen molar-refractivity contribution in [2.75, 3.05) is 13.7 Å². The zero-order chi connectivity index (χ0) is 26.4. The second kappa shape index (κ2) is 11.6. The molecular formula is C26H27F2N5O4. The first-order chi connectivity index (χ1) is 17.9. The van der Waals surface area contributed by atoms with E-state index in [4.69, 9.17) is 9.84 Å². The zero-order valence-electron chi connectivity index (χ0n) is 20.4. The van der Waals surface area contributed by atoms with E-state index in [-0.39, 0.29) is 36.3 Å². The maximum absolute atomic E-state index is 13.3. The lowest BCUT2D eigenvalue weighted by molar-refractivity contribution is -0.135. The number of hydrogen-bond acceptors (Lipinski definition) is 6. The van der Waals surface area contributed by atoms with Crippen LogP contribution in [0.4, 0.5) is 13.6 Å². The van der Waals surface area contributed by atoms with Gasteiger partial charge in [-0.15, -0.1) is 0 Å². The number of benzene rings is 2. The van der Waals surface area contributed by atoms with Crippen LogP contribution in [0.2, 0.25) is 0 Å². The Labute approximate surface area is 213 Å². The fraction of sp³-hybridized carbons (Fsp3) is 0.308. The van der Waals surface area contributed by atoms with E-state index in [0.717, 1.165) is 0 Å². The van der Waals surface area contributed by atoms with Crippen LogP contribution in [-0.2, 0) is 4.79 Å². The number of ether oxygens (including phenoxy) is 2. The van der Waals surface area contributed by atoms with Gasteiger partial charge in [-0.3, -0.25) is 14.7 Å². The van der Waals surface area contributed by atoms with Gasteiger partial charge < -0.3 is 14.8 Å². The maximum Gasteiger partial charge on any atom is 0.387 e. The topological polar surface area (TPSA) is 95.8 Å². The van der Waals surface area contributed by atoms with Crippen LogP contribution in [0, 0.1) is 5.92 Å². The van der Waals surface area contributed by atoms with E-state index in [1.54, 1.807) is 36.7 Å². The molecule has 2 unspecified atom stereocenters. The van der Waals surface area contributed by atoms with Gasteiger partial charge in [-0.1, -0.05) is 37.3 Å². The van der Waals surface area contributed by atoms with Gasteiger partial charge in [0.2, 0.25) is 5.91 Å². The van der Waals surface area contributed by atoms with Crippen molar-refractivity contribution in [2.45, 2.75) is 32.5 Å². The molecule has 2 atom stereocenters. The van der Waals surface area contributed by atoms with Crippen molar-refractivity contribution in [2.24, 2.45) is 16.0 Å². The Kier molecular flexibility index (Phi) is 8.11. The third-order valence-electron chi connectivity index (χ3n) is 6.04. The summed E-state index contributed by atoms with van der Waals surface area (Å²) in [4.78, 5) is 31.7. The van der Waals surface area contributed by atoms with E-state index >= 15 is 0 Å². The number of nitrogens with zero attached hydrogens (tertiary/aromatic N) is 4. The molecule has 0 bridgehead atoms. The molecule has 0 fully saturated rings. The summed E-state index contributed by atoms with van der Waals surface area (Å²) in [7, 11) is 1.36. The number of carbonyl (C=O) groups is 2. The summed E-state index contributed by atoms with van der Waals surface area (Å²) in [5.74, 6) is -0.467. The molecule has 194 valence electrons. The molecule has 11 heteroatoms. The molecule has 3 amide bonds. The summed E-state index contributed by atoms with van der Waals surface area (Å²) in [5.41, 5.74) is 1.83. The second-order valence-electron chi connectivity index (χ2n) is 8.32. The van der Waals surface area contributed by atoms with Gasteiger partial charge in [0.05, 0.1) is 19.4 Å². The highest BCUT2D eigenvalue weighted by Crippen LogP contribution is 2.34. The first kappa shape index (κ1) is 25.8. The number of halogens is 2. The minimum atomic E-state index is -3.00. The minimum Gasteiger partial charge on any atom is -0.493 e. The number of urea groups is 1. The SMILES string of the molecule is CCC1CC(=O)N(C(NC(=O)N2C=CN=CC2)c2ccccc2)N=C1c1ccc(OC(F)F)c(OC)c1. The van der Waals surface area contributed by atoms with E-state index in [1.165, 1.54) is 29.3 Å². The standard InChI is InChI=1S/C26H27F2N5O4/c1-3-17-16-22(34)33(31-23(17)19-9-10-20(37-25(27)28)21(15-19)36-2)24(18-7-5-4-6-8-18)30-26(35)32-13-11-29-12-14-32/h4-13,15,17,24-25H,3,14,16H2,1-2H3,(H,30,35). The second-order valence-corrected chi connectivity index (χ2v) is 8.32. The molecule has 2 heterocycles. The highest BCUT2D eigenvalue weighted by Gasteiger charge is 2.35. The van der Waals surface area contributed by atoms with Gasteiger partial charge in [-0.05, 0) is 30.2 Å². The van der Waals surface area contributed by atoms with Gasteiger partial charge in [0.1, 0.15) is 0 Å². The molecule has 2 aliphatic rings. The van der Waals surface area contributed by atoms with Gasteiger partial charge in [-0.25, -0.2) is 9.80 Å². The molecular weight excluding hydrogens is 484 g/mol. The number of amides is 3. The Balaban J connectivity index is 1.72. The van der Waals surface area contributed by atoms with Crippen LogP contribution in [0.5, 0.6) is 11.5 Å². The molecule has 2 aliphatic heterocycles. The summed E-state index contributed by atoms with van der Waals surface area (Å²) in [6.07, 6.45) is 4.54. The molecule has 0 aromatic heterocycles. The highest BCUT2D eigenvalue weighted by molar-refractivity contribution is 6.06. The van der Waals surface area contributed by atoms with Gasteiger partial charge in [0, 0.05) is 36.5 Å². The molecule has 2 aromatic carbocycles. The van der Waals surface area contributed by atoms with Gasteiger partial charge in [0.25, 0.3) is 0 Å². The van der Waals surface area contributed by atoms with Crippen molar-refractivity contribution in [3.8, 4) is 11.5 Å². The largest absolute Gasteiger partial charge is 0.493 e. The fourth-order valence-corrected chi connectivity index (χ4v) is 4.15. The normalized spacial score (nSPS) is 18.0. The summed E-state index contributed by atoms with van der Waals surface area (Å²) in [6.45, 7) is -0.772. The number of alkyl halides is 2. The van der Waals surface area contributed by atoms with Crippen LogP contribution < -0.4 is 14.8 Å². The van der Waals surface area contributed by atoms with Crippen molar-refractivity contribution in [1.82, 2.24) is 15.2 Å². The van der Waals surface area contributed by atoms with Crippen LogP contribution in [-0.4, -0.2) is 54.0 Å². The third-order valence-corrected chi connectivity index (χ3v) is 6.04. The van der Waals surface area contributed by atoms with Crippen LogP contribution in [0.1, 0.15) is 37.1 Å². The summed E-state index contributed by atoms with van der Waals surface area (Å²) in [6, 6.07) is 13.2. The zero-order valence-corrected chi connectivity index (χ0v) is 20.4. The maximum atomic E-state index is 13.3.